The first-order chi connectivity index (χ1) is 11.6. The molecule has 2 atom stereocenters. The molecule has 1 saturated heterocycles. The summed E-state index contributed by atoms with van der Waals surface area (Å²) in [5, 5.41) is 7.75. The Kier molecular flexibility index (Phi) is 3.94. The lowest BCUT2D eigenvalue weighted by molar-refractivity contribution is 0.235. The standard InChI is InChI=1S/C19H21ClN4/c1-12-11-24(13(2)10-21-12)19-15-5-3-4-6-16(15)22-17-8-7-14(20)9-18(17)23-19/h3-9,12-13,21-22H,10-11H2,1-2H3/t12-,13+/m0/s1. The van der Waals surface area contributed by atoms with Crippen LogP contribution >= 0.6 is 11.6 Å². The fourth-order valence-corrected chi connectivity index (χ4v) is 3.51. The Morgan fingerprint density at radius 1 is 1.12 bits per heavy atom. The van der Waals surface area contributed by atoms with Crippen molar-refractivity contribution in [2.24, 2.45) is 4.99 Å². The number of fused-ring (bicyclic) bond motifs is 2. The first-order valence-electron chi connectivity index (χ1n) is 8.36. The van der Waals surface area contributed by atoms with Crippen molar-refractivity contribution in [1.29, 1.82) is 0 Å². The number of piperazine rings is 1. The average molecular weight is 341 g/mol. The fourth-order valence-electron chi connectivity index (χ4n) is 3.35. The maximum atomic E-state index is 6.21. The van der Waals surface area contributed by atoms with Crippen LogP contribution in [0.25, 0.3) is 0 Å². The van der Waals surface area contributed by atoms with Gasteiger partial charge in [-0.3, -0.25) is 0 Å². The maximum Gasteiger partial charge on any atom is 0.139 e. The van der Waals surface area contributed by atoms with E-state index in [9.17, 15) is 0 Å². The SMILES string of the molecule is C[C@@H]1CN[C@@H](C)CN1C1=Nc2cc(Cl)ccc2Nc2ccccc21. The molecule has 0 saturated carbocycles. The molecule has 1 fully saturated rings. The molecule has 2 aliphatic rings. The monoisotopic (exact) mass is 340 g/mol. The van der Waals surface area contributed by atoms with Crippen LogP contribution in [0, 0.1) is 0 Å². The fraction of sp³-hybridized carbons (Fsp3) is 0.316. The Bertz CT molecular complexity index is 802. The highest BCUT2D eigenvalue weighted by atomic mass is 35.5. The summed E-state index contributed by atoms with van der Waals surface area (Å²) in [6.45, 7) is 6.34. The van der Waals surface area contributed by atoms with E-state index in [1.807, 2.05) is 24.3 Å². The zero-order valence-corrected chi connectivity index (χ0v) is 14.6. The van der Waals surface area contributed by atoms with Crippen LogP contribution in [0.2, 0.25) is 5.02 Å². The largest absolute Gasteiger partial charge is 0.353 e. The Balaban J connectivity index is 1.88. The molecule has 5 heteroatoms. The average Bonchev–Trinajstić information content (AvgIpc) is 2.73. The van der Waals surface area contributed by atoms with E-state index >= 15 is 0 Å². The summed E-state index contributed by atoms with van der Waals surface area (Å²) in [6, 6.07) is 15.0. The third-order valence-electron chi connectivity index (χ3n) is 4.66. The van der Waals surface area contributed by atoms with Crippen molar-refractivity contribution < 1.29 is 0 Å². The minimum absolute atomic E-state index is 0.383. The Hall–Kier alpha value is -2.04. The van der Waals surface area contributed by atoms with Crippen LogP contribution < -0.4 is 10.6 Å². The summed E-state index contributed by atoms with van der Waals surface area (Å²) >= 11 is 6.21. The number of halogens is 1. The third-order valence-corrected chi connectivity index (χ3v) is 4.89. The second-order valence-electron chi connectivity index (χ2n) is 6.58. The van der Waals surface area contributed by atoms with Crippen molar-refractivity contribution in [3.63, 3.8) is 0 Å². The zero-order chi connectivity index (χ0) is 16.7. The molecule has 2 aromatic rings. The zero-order valence-electron chi connectivity index (χ0n) is 13.9. The van der Waals surface area contributed by atoms with Crippen LogP contribution in [-0.4, -0.2) is 35.9 Å². The molecule has 0 amide bonds. The lowest BCUT2D eigenvalue weighted by Gasteiger charge is -2.39. The van der Waals surface area contributed by atoms with Gasteiger partial charge < -0.3 is 15.5 Å². The molecular weight excluding hydrogens is 320 g/mol. The Morgan fingerprint density at radius 2 is 1.96 bits per heavy atom. The Morgan fingerprint density at radius 3 is 2.83 bits per heavy atom. The van der Waals surface area contributed by atoms with E-state index in [0.717, 1.165) is 41.6 Å². The number of nitrogens with zero attached hydrogens (tertiary/aromatic N) is 2. The van der Waals surface area contributed by atoms with Crippen LogP contribution in [0.5, 0.6) is 0 Å². The van der Waals surface area contributed by atoms with Crippen LogP contribution in [0.3, 0.4) is 0 Å². The molecule has 2 N–H and O–H groups in total. The van der Waals surface area contributed by atoms with Gasteiger partial charge in [0.1, 0.15) is 5.84 Å². The first kappa shape index (κ1) is 15.5. The van der Waals surface area contributed by atoms with E-state index in [0.29, 0.717) is 17.1 Å². The summed E-state index contributed by atoms with van der Waals surface area (Å²) in [5.41, 5.74) is 4.08. The molecule has 0 aromatic heterocycles. The lowest BCUT2D eigenvalue weighted by Crippen LogP contribution is -2.56. The molecule has 0 radical (unpaired) electrons. The molecule has 4 nitrogen and oxygen atoms in total. The molecule has 2 heterocycles. The smallest absolute Gasteiger partial charge is 0.139 e. The molecule has 124 valence electrons. The van der Waals surface area contributed by atoms with Gasteiger partial charge in [-0.15, -0.1) is 0 Å². The number of aliphatic imine (C=N–C) groups is 1. The van der Waals surface area contributed by atoms with Gasteiger partial charge in [0, 0.05) is 41.4 Å². The van der Waals surface area contributed by atoms with Crippen molar-refractivity contribution >= 4 is 34.5 Å². The summed E-state index contributed by atoms with van der Waals surface area (Å²) in [5.74, 6) is 1.01. The highest BCUT2D eigenvalue weighted by Crippen LogP contribution is 2.36. The quantitative estimate of drug-likeness (QED) is 0.756. The number of rotatable bonds is 0. The highest BCUT2D eigenvalue weighted by molar-refractivity contribution is 6.31. The molecule has 4 rings (SSSR count). The van der Waals surface area contributed by atoms with Gasteiger partial charge in [-0.05, 0) is 44.2 Å². The number of benzene rings is 2. The highest BCUT2D eigenvalue weighted by Gasteiger charge is 2.28. The van der Waals surface area contributed by atoms with Gasteiger partial charge in [0.05, 0.1) is 11.4 Å². The van der Waals surface area contributed by atoms with Crippen LogP contribution in [0.1, 0.15) is 19.4 Å². The molecule has 2 aromatic carbocycles. The maximum absolute atomic E-state index is 6.21. The second kappa shape index (κ2) is 6.11. The minimum Gasteiger partial charge on any atom is -0.353 e. The van der Waals surface area contributed by atoms with Gasteiger partial charge >= 0.3 is 0 Å². The van der Waals surface area contributed by atoms with Gasteiger partial charge in [0.15, 0.2) is 0 Å². The number of nitrogens with one attached hydrogen (secondary N) is 2. The van der Waals surface area contributed by atoms with Crippen molar-refractivity contribution in [2.75, 3.05) is 18.4 Å². The molecular formula is C19H21ClN4. The molecule has 2 aliphatic heterocycles. The van der Waals surface area contributed by atoms with E-state index in [1.165, 1.54) is 0 Å². The first-order valence-corrected chi connectivity index (χ1v) is 8.74. The third kappa shape index (κ3) is 2.76. The normalized spacial score (nSPS) is 22.8. The number of anilines is 2. The van der Waals surface area contributed by atoms with Gasteiger partial charge in [0.2, 0.25) is 0 Å². The van der Waals surface area contributed by atoms with E-state index in [-0.39, 0.29) is 0 Å². The summed E-state index contributed by atoms with van der Waals surface area (Å²) in [4.78, 5) is 7.42. The Labute approximate surface area is 147 Å². The molecule has 0 unspecified atom stereocenters. The van der Waals surface area contributed by atoms with Crippen LogP contribution in [0.15, 0.2) is 47.5 Å². The molecule has 0 spiro atoms. The van der Waals surface area contributed by atoms with Gasteiger partial charge in [-0.2, -0.15) is 0 Å². The van der Waals surface area contributed by atoms with E-state index in [4.69, 9.17) is 16.6 Å². The summed E-state index contributed by atoms with van der Waals surface area (Å²) in [7, 11) is 0. The number of hydrogen-bond acceptors (Lipinski definition) is 4. The lowest BCUT2D eigenvalue weighted by atomic mass is 10.1. The number of hydrogen-bond donors (Lipinski definition) is 2. The van der Waals surface area contributed by atoms with E-state index < -0.39 is 0 Å². The van der Waals surface area contributed by atoms with Gasteiger partial charge in [-0.1, -0.05) is 23.7 Å². The van der Waals surface area contributed by atoms with Crippen molar-refractivity contribution in [1.82, 2.24) is 10.2 Å². The second-order valence-corrected chi connectivity index (χ2v) is 7.01. The molecule has 0 bridgehead atoms. The van der Waals surface area contributed by atoms with Gasteiger partial charge in [0.25, 0.3) is 0 Å². The van der Waals surface area contributed by atoms with E-state index in [2.05, 4.69) is 47.6 Å². The topological polar surface area (TPSA) is 39.7 Å². The predicted molar refractivity (Wildman–Crippen MR) is 101 cm³/mol. The van der Waals surface area contributed by atoms with Crippen molar-refractivity contribution in [2.45, 2.75) is 25.9 Å². The number of amidine groups is 1. The van der Waals surface area contributed by atoms with Gasteiger partial charge in [-0.25, -0.2) is 4.99 Å². The molecule has 0 aliphatic carbocycles. The van der Waals surface area contributed by atoms with Crippen molar-refractivity contribution in [3.8, 4) is 0 Å². The van der Waals surface area contributed by atoms with Crippen LogP contribution in [-0.2, 0) is 0 Å². The summed E-state index contributed by atoms with van der Waals surface area (Å²) < 4.78 is 0. The van der Waals surface area contributed by atoms with Crippen molar-refractivity contribution in [3.05, 3.63) is 53.1 Å². The van der Waals surface area contributed by atoms with E-state index in [1.54, 1.807) is 0 Å². The minimum atomic E-state index is 0.383. The van der Waals surface area contributed by atoms with Crippen LogP contribution in [0.4, 0.5) is 17.1 Å². The molecule has 24 heavy (non-hydrogen) atoms. The predicted octanol–water partition coefficient (Wildman–Crippen LogP) is 4.16. The summed E-state index contributed by atoms with van der Waals surface area (Å²) in [6.07, 6.45) is 0. The number of para-hydroxylation sites is 1.